The van der Waals surface area contributed by atoms with Gasteiger partial charge in [0.25, 0.3) is 0 Å². The van der Waals surface area contributed by atoms with Crippen molar-refractivity contribution < 1.29 is 0 Å². The molecule has 0 radical (unpaired) electrons. The van der Waals surface area contributed by atoms with Gasteiger partial charge in [0.2, 0.25) is 0 Å². The summed E-state index contributed by atoms with van der Waals surface area (Å²) in [6.45, 7) is 3.72. The molecule has 2 nitrogen and oxygen atoms in total. The number of rotatable bonds is 2. The normalized spacial score (nSPS) is 30.5. The maximum absolute atomic E-state index is 4.85. The summed E-state index contributed by atoms with van der Waals surface area (Å²) >= 11 is 5.44. The van der Waals surface area contributed by atoms with E-state index in [-0.39, 0.29) is 0 Å². The second kappa shape index (κ2) is 5.64. The van der Waals surface area contributed by atoms with E-state index in [4.69, 9.17) is 4.98 Å². The number of nitrogens with zero attached hydrogens (tertiary/aromatic N) is 2. The van der Waals surface area contributed by atoms with Gasteiger partial charge in [0, 0.05) is 22.5 Å². The van der Waals surface area contributed by atoms with E-state index in [9.17, 15) is 0 Å². The van der Waals surface area contributed by atoms with Crippen LogP contribution in [0.3, 0.4) is 0 Å². The number of halogens is 1. The van der Waals surface area contributed by atoms with E-state index in [1.165, 1.54) is 48.4 Å². The average molecular weight is 365 g/mol. The molecule has 1 saturated heterocycles. The van der Waals surface area contributed by atoms with E-state index in [1.807, 2.05) is 11.3 Å². The van der Waals surface area contributed by atoms with Gasteiger partial charge in [-0.1, -0.05) is 22.4 Å². The Morgan fingerprint density at radius 2 is 2.14 bits per heavy atom. The molecule has 1 aliphatic heterocycles. The predicted molar refractivity (Wildman–Crippen MR) is 93.1 cm³/mol. The molecular weight excluding hydrogens is 344 g/mol. The monoisotopic (exact) mass is 364 g/mol. The molecule has 0 spiro atoms. The van der Waals surface area contributed by atoms with Gasteiger partial charge in [0.05, 0.1) is 15.2 Å². The van der Waals surface area contributed by atoms with Crippen LogP contribution < -0.4 is 0 Å². The molecule has 1 aromatic heterocycles. The lowest BCUT2D eigenvalue weighted by atomic mass is 9.78. The van der Waals surface area contributed by atoms with Gasteiger partial charge in [-0.25, -0.2) is 4.98 Å². The molecule has 2 fully saturated rings. The van der Waals surface area contributed by atoms with Crippen molar-refractivity contribution in [3.63, 3.8) is 0 Å². The molecule has 0 N–H and O–H groups in total. The third kappa shape index (κ3) is 2.66. The average Bonchev–Trinajstić information content (AvgIpc) is 2.81. The highest BCUT2D eigenvalue weighted by Gasteiger charge is 2.38. The van der Waals surface area contributed by atoms with Crippen molar-refractivity contribution >= 4 is 37.5 Å². The summed E-state index contributed by atoms with van der Waals surface area (Å²) < 4.78 is 2.47. The Morgan fingerprint density at radius 1 is 1.29 bits per heavy atom. The fourth-order valence-corrected chi connectivity index (χ4v) is 5.46. The number of thiazole rings is 1. The first-order valence-corrected chi connectivity index (χ1v) is 9.63. The molecular formula is C17H21BrN2S. The number of aromatic nitrogens is 1. The van der Waals surface area contributed by atoms with Crippen molar-refractivity contribution in [2.75, 3.05) is 6.54 Å². The van der Waals surface area contributed by atoms with Gasteiger partial charge < -0.3 is 0 Å². The number of benzene rings is 1. The number of hydrogen-bond acceptors (Lipinski definition) is 3. The molecule has 112 valence electrons. The van der Waals surface area contributed by atoms with Crippen LogP contribution in [0.25, 0.3) is 10.2 Å². The number of fused-ring (bicyclic) bond motifs is 1. The van der Waals surface area contributed by atoms with E-state index >= 15 is 0 Å². The van der Waals surface area contributed by atoms with Crippen LogP contribution in [0, 0.1) is 0 Å². The van der Waals surface area contributed by atoms with Crippen LogP contribution in [-0.2, 0) is 0 Å². The smallest absolute Gasteiger partial charge is 0.0970 e. The quantitative estimate of drug-likeness (QED) is 0.729. The zero-order valence-electron chi connectivity index (χ0n) is 12.4. The minimum Gasteiger partial charge on any atom is -0.298 e. The fraction of sp³-hybridized carbons (Fsp3) is 0.588. The van der Waals surface area contributed by atoms with Crippen LogP contribution in [0.15, 0.2) is 22.7 Å². The molecule has 21 heavy (non-hydrogen) atoms. The number of hydrogen-bond donors (Lipinski definition) is 0. The SMILES string of the molecule is C[C@H]1CCCCN1C1CC(c2nc3ccc(Br)cc3s2)C1. The highest BCUT2D eigenvalue weighted by Crippen LogP contribution is 2.44. The summed E-state index contributed by atoms with van der Waals surface area (Å²) in [5.41, 5.74) is 1.16. The molecule has 0 amide bonds. The molecule has 0 bridgehead atoms. The predicted octanol–water partition coefficient (Wildman–Crippen LogP) is 5.18. The molecule has 4 rings (SSSR count). The van der Waals surface area contributed by atoms with E-state index in [2.05, 4.69) is 46.0 Å². The minimum atomic E-state index is 0.695. The second-order valence-electron chi connectivity index (χ2n) is 6.57. The van der Waals surface area contributed by atoms with E-state index in [1.54, 1.807) is 0 Å². The third-order valence-electron chi connectivity index (χ3n) is 5.15. The van der Waals surface area contributed by atoms with Gasteiger partial charge in [0.15, 0.2) is 0 Å². The van der Waals surface area contributed by atoms with Crippen molar-refractivity contribution in [1.29, 1.82) is 0 Å². The first-order valence-electron chi connectivity index (χ1n) is 8.02. The first-order chi connectivity index (χ1) is 10.2. The zero-order valence-corrected chi connectivity index (χ0v) is 14.8. The molecule has 2 heterocycles. The Labute approximate surface area is 138 Å². The van der Waals surface area contributed by atoms with Crippen LogP contribution in [-0.4, -0.2) is 28.5 Å². The van der Waals surface area contributed by atoms with Crippen LogP contribution in [0.4, 0.5) is 0 Å². The Balaban J connectivity index is 1.46. The van der Waals surface area contributed by atoms with Crippen molar-refractivity contribution in [3.05, 3.63) is 27.7 Å². The summed E-state index contributed by atoms with van der Waals surface area (Å²) in [6, 6.07) is 8.01. The summed E-state index contributed by atoms with van der Waals surface area (Å²) in [6.07, 6.45) is 6.81. The fourth-order valence-electron chi connectivity index (χ4n) is 3.81. The highest BCUT2D eigenvalue weighted by molar-refractivity contribution is 9.10. The molecule has 4 heteroatoms. The lowest BCUT2D eigenvalue weighted by Gasteiger charge is -2.47. The van der Waals surface area contributed by atoms with Crippen molar-refractivity contribution in [1.82, 2.24) is 9.88 Å². The largest absolute Gasteiger partial charge is 0.298 e. The van der Waals surface area contributed by atoms with E-state index in [0.717, 1.165) is 22.1 Å². The summed E-state index contributed by atoms with van der Waals surface area (Å²) in [5, 5.41) is 1.35. The molecule has 0 unspecified atom stereocenters. The van der Waals surface area contributed by atoms with Crippen molar-refractivity contribution in [3.8, 4) is 0 Å². The molecule has 1 aliphatic carbocycles. The lowest BCUT2D eigenvalue weighted by Crippen LogP contribution is -2.50. The van der Waals surface area contributed by atoms with Crippen LogP contribution in [0.5, 0.6) is 0 Å². The maximum Gasteiger partial charge on any atom is 0.0970 e. The van der Waals surface area contributed by atoms with Crippen molar-refractivity contribution in [2.45, 2.75) is 57.0 Å². The van der Waals surface area contributed by atoms with Gasteiger partial charge in [-0.05, 0) is 57.4 Å². The maximum atomic E-state index is 4.85. The van der Waals surface area contributed by atoms with Gasteiger partial charge in [-0.15, -0.1) is 11.3 Å². The minimum absolute atomic E-state index is 0.695. The Bertz CT molecular complexity index is 647. The first kappa shape index (κ1) is 14.2. The topological polar surface area (TPSA) is 16.1 Å². The van der Waals surface area contributed by atoms with Crippen LogP contribution in [0.2, 0.25) is 0 Å². The Kier molecular flexibility index (Phi) is 3.80. The molecule has 2 aromatic rings. The Morgan fingerprint density at radius 3 is 2.95 bits per heavy atom. The van der Waals surface area contributed by atoms with E-state index < -0.39 is 0 Å². The number of piperidine rings is 1. The van der Waals surface area contributed by atoms with Gasteiger partial charge in [-0.3, -0.25) is 4.90 Å². The highest BCUT2D eigenvalue weighted by atomic mass is 79.9. The molecule has 2 aliphatic rings. The molecule has 1 saturated carbocycles. The van der Waals surface area contributed by atoms with Crippen LogP contribution in [0.1, 0.15) is 50.0 Å². The Hall–Kier alpha value is -0.450. The van der Waals surface area contributed by atoms with Crippen molar-refractivity contribution in [2.24, 2.45) is 0 Å². The van der Waals surface area contributed by atoms with Gasteiger partial charge in [-0.2, -0.15) is 0 Å². The second-order valence-corrected chi connectivity index (χ2v) is 8.55. The van der Waals surface area contributed by atoms with Crippen LogP contribution >= 0.6 is 27.3 Å². The standard InChI is InChI=1S/C17H21BrN2S/c1-11-4-2-3-7-20(11)14-8-12(9-14)17-19-15-6-5-13(18)10-16(15)21-17/h5-6,10-12,14H,2-4,7-9H2,1H3/t11-,12?,14?/m0/s1. The van der Waals surface area contributed by atoms with Gasteiger partial charge >= 0.3 is 0 Å². The summed E-state index contributed by atoms with van der Waals surface area (Å²) in [4.78, 5) is 7.61. The number of likely N-dealkylation sites (tertiary alicyclic amines) is 1. The van der Waals surface area contributed by atoms with E-state index in [0.29, 0.717) is 5.92 Å². The van der Waals surface area contributed by atoms with Gasteiger partial charge in [0.1, 0.15) is 0 Å². The summed E-state index contributed by atoms with van der Waals surface area (Å²) in [5.74, 6) is 0.695. The molecule has 1 aromatic carbocycles. The third-order valence-corrected chi connectivity index (χ3v) is 6.83. The summed E-state index contributed by atoms with van der Waals surface area (Å²) in [7, 11) is 0. The lowest BCUT2D eigenvalue weighted by molar-refractivity contribution is 0.0480. The molecule has 1 atom stereocenters. The zero-order chi connectivity index (χ0) is 14.4.